The number of halogens is 2. The van der Waals surface area contributed by atoms with Crippen molar-refractivity contribution in [3.63, 3.8) is 0 Å². The summed E-state index contributed by atoms with van der Waals surface area (Å²) < 4.78 is 0. The second-order valence-electron chi connectivity index (χ2n) is 9.54. The molecule has 2 saturated heterocycles. The van der Waals surface area contributed by atoms with E-state index in [2.05, 4.69) is 10.2 Å². The zero-order valence-electron chi connectivity index (χ0n) is 20.7. The average Bonchev–Trinajstić information content (AvgIpc) is 3.55. The molecule has 0 saturated carbocycles. The molecule has 0 unspecified atom stereocenters. The van der Waals surface area contributed by atoms with Gasteiger partial charge in [0.15, 0.2) is 0 Å². The Kier molecular flexibility index (Phi) is 7.93. The van der Waals surface area contributed by atoms with Crippen LogP contribution in [-0.4, -0.2) is 65.9 Å². The van der Waals surface area contributed by atoms with Crippen LogP contribution in [0, 0.1) is 0 Å². The van der Waals surface area contributed by atoms with E-state index in [0.29, 0.717) is 60.5 Å². The summed E-state index contributed by atoms with van der Waals surface area (Å²) >= 11 is 13.6. The Hall–Kier alpha value is -3.07. The summed E-state index contributed by atoms with van der Waals surface area (Å²) in [7, 11) is 0. The highest BCUT2D eigenvalue weighted by molar-refractivity contribution is 7.12. The van der Waals surface area contributed by atoms with E-state index < -0.39 is 5.54 Å². The molecule has 2 aliphatic heterocycles. The minimum absolute atomic E-state index is 0.00332. The zero-order chi connectivity index (χ0) is 26.7. The maximum atomic E-state index is 13.9. The number of thiophene rings is 1. The number of para-hydroxylation sites is 1. The van der Waals surface area contributed by atoms with E-state index in [1.54, 1.807) is 17.0 Å². The number of likely N-dealkylation sites (tertiary alicyclic amines) is 1. The van der Waals surface area contributed by atoms with Crippen molar-refractivity contribution >= 4 is 57.9 Å². The number of carbonyl (C=O) groups is 3. The molecule has 0 bridgehead atoms. The Bertz CT molecular complexity index is 1310. The van der Waals surface area contributed by atoms with Gasteiger partial charge in [0.2, 0.25) is 5.91 Å². The first-order valence-electron chi connectivity index (χ1n) is 12.5. The molecule has 2 aliphatic rings. The van der Waals surface area contributed by atoms with Crippen molar-refractivity contribution in [2.75, 3.05) is 37.7 Å². The highest BCUT2D eigenvalue weighted by Gasteiger charge is 2.54. The molecule has 2 aromatic carbocycles. The van der Waals surface area contributed by atoms with Crippen LogP contribution in [0.2, 0.25) is 10.0 Å². The molecule has 3 heterocycles. The third kappa shape index (κ3) is 5.39. The molecule has 0 radical (unpaired) electrons. The lowest BCUT2D eigenvalue weighted by atomic mass is 9.85. The number of rotatable bonds is 7. The van der Waals surface area contributed by atoms with Crippen molar-refractivity contribution in [1.82, 2.24) is 15.1 Å². The van der Waals surface area contributed by atoms with Crippen LogP contribution in [-0.2, 0) is 16.0 Å². The standard InChI is InChI=1S/C28H28Cl2N4O3S/c29-21-9-8-20(23(30)17-21)10-13-31-25(35)18-33-19-34(22-5-2-1-3-6-22)28(27(33)37)11-14-32(15-12-28)26(36)24-7-4-16-38-24/h1-9,16-17H,10-15,18-19H2,(H,31,35). The molecule has 7 nitrogen and oxygen atoms in total. The summed E-state index contributed by atoms with van der Waals surface area (Å²) in [6.45, 7) is 1.64. The maximum absolute atomic E-state index is 13.9. The summed E-state index contributed by atoms with van der Waals surface area (Å²) in [5.74, 6) is -0.289. The molecule has 1 spiro atoms. The van der Waals surface area contributed by atoms with Crippen LogP contribution in [0.3, 0.4) is 0 Å². The number of hydrogen-bond acceptors (Lipinski definition) is 5. The fraction of sp³-hybridized carbons (Fsp3) is 0.321. The van der Waals surface area contributed by atoms with E-state index in [1.807, 2.05) is 58.8 Å². The lowest BCUT2D eigenvalue weighted by Crippen LogP contribution is -2.57. The first-order chi connectivity index (χ1) is 18.4. The van der Waals surface area contributed by atoms with Gasteiger partial charge in [-0.1, -0.05) is 53.5 Å². The Morgan fingerprint density at radius 2 is 1.76 bits per heavy atom. The third-order valence-electron chi connectivity index (χ3n) is 7.26. The Balaban J connectivity index is 1.25. The lowest BCUT2D eigenvalue weighted by molar-refractivity contribution is -0.137. The number of nitrogens with one attached hydrogen (secondary N) is 1. The first kappa shape index (κ1) is 26.5. The summed E-state index contributed by atoms with van der Waals surface area (Å²) in [4.78, 5) is 45.8. The smallest absolute Gasteiger partial charge is 0.263 e. The quantitative estimate of drug-likeness (QED) is 0.447. The molecule has 1 aromatic heterocycles. The lowest BCUT2D eigenvalue weighted by Gasteiger charge is -2.43. The van der Waals surface area contributed by atoms with Gasteiger partial charge in [-0.15, -0.1) is 11.3 Å². The Morgan fingerprint density at radius 1 is 1.00 bits per heavy atom. The Labute approximate surface area is 235 Å². The number of piperidine rings is 1. The molecule has 5 rings (SSSR count). The summed E-state index contributed by atoms with van der Waals surface area (Å²) in [6, 6.07) is 18.8. The van der Waals surface area contributed by atoms with Gasteiger partial charge in [0, 0.05) is 35.4 Å². The Morgan fingerprint density at radius 3 is 2.45 bits per heavy atom. The number of benzene rings is 2. The van der Waals surface area contributed by atoms with Gasteiger partial charge in [0.25, 0.3) is 11.8 Å². The van der Waals surface area contributed by atoms with Crippen LogP contribution in [0.4, 0.5) is 5.69 Å². The van der Waals surface area contributed by atoms with E-state index in [0.717, 1.165) is 11.3 Å². The number of amides is 3. The van der Waals surface area contributed by atoms with Gasteiger partial charge in [-0.05, 0) is 60.5 Å². The van der Waals surface area contributed by atoms with Crippen LogP contribution in [0.1, 0.15) is 28.1 Å². The minimum Gasteiger partial charge on any atom is -0.354 e. The van der Waals surface area contributed by atoms with E-state index in [-0.39, 0.29) is 24.3 Å². The van der Waals surface area contributed by atoms with Gasteiger partial charge in [0.05, 0.1) is 11.5 Å². The van der Waals surface area contributed by atoms with Crippen LogP contribution < -0.4 is 10.2 Å². The fourth-order valence-corrected chi connectivity index (χ4v) is 6.44. The molecule has 0 atom stereocenters. The van der Waals surface area contributed by atoms with E-state index >= 15 is 0 Å². The van der Waals surface area contributed by atoms with Crippen LogP contribution in [0.25, 0.3) is 0 Å². The SMILES string of the molecule is O=C(CN1CN(c2ccccc2)C2(CCN(C(=O)c3cccs3)CC2)C1=O)NCCc1ccc(Cl)cc1Cl. The monoisotopic (exact) mass is 570 g/mol. The molecule has 0 aliphatic carbocycles. The van der Waals surface area contributed by atoms with Crippen molar-refractivity contribution in [2.45, 2.75) is 24.8 Å². The normalized spacial score (nSPS) is 16.8. The van der Waals surface area contributed by atoms with Crippen molar-refractivity contribution in [3.05, 3.63) is 86.5 Å². The van der Waals surface area contributed by atoms with Gasteiger partial charge < -0.3 is 20.0 Å². The molecule has 2 fully saturated rings. The predicted molar refractivity (Wildman–Crippen MR) is 151 cm³/mol. The van der Waals surface area contributed by atoms with Crippen molar-refractivity contribution in [2.24, 2.45) is 0 Å². The summed E-state index contributed by atoms with van der Waals surface area (Å²) in [5, 5.41) is 5.93. The zero-order valence-corrected chi connectivity index (χ0v) is 23.1. The van der Waals surface area contributed by atoms with Crippen molar-refractivity contribution in [1.29, 1.82) is 0 Å². The molecule has 3 amide bonds. The molecule has 3 aromatic rings. The van der Waals surface area contributed by atoms with Crippen LogP contribution in [0.15, 0.2) is 66.0 Å². The van der Waals surface area contributed by atoms with E-state index in [1.165, 1.54) is 11.3 Å². The number of anilines is 1. The van der Waals surface area contributed by atoms with E-state index in [4.69, 9.17) is 23.2 Å². The molecule has 10 heteroatoms. The minimum atomic E-state index is -0.787. The predicted octanol–water partition coefficient (Wildman–Crippen LogP) is 4.69. The highest BCUT2D eigenvalue weighted by atomic mass is 35.5. The van der Waals surface area contributed by atoms with Gasteiger partial charge in [-0.2, -0.15) is 0 Å². The average molecular weight is 572 g/mol. The summed E-state index contributed by atoms with van der Waals surface area (Å²) in [5.41, 5.74) is 1.04. The van der Waals surface area contributed by atoms with Crippen LogP contribution >= 0.6 is 34.5 Å². The molecule has 38 heavy (non-hydrogen) atoms. The number of hydrogen-bond donors (Lipinski definition) is 1. The fourth-order valence-electron chi connectivity index (χ4n) is 5.25. The molecule has 198 valence electrons. The van der Waals surface area contributed by atoms with Gasteiger partial charge in [-0.3, -0.25) is 14.4 Å². The molecule has 1 N–H and O–H groups in total. The van der Waals surface area contributed by atoms with Gasteiger partial charge >= 0.3 is 0 Å². The third-order valence-corrected chi connectivity index (χ3v) is 8.70. The second-order valence-corrected chi connectivity index (χ2v) is 11.3. The summed E-state index contributed by atoms with van der Waals surface area (Å²) in [6.07, 6.45) is 1.57. The largest absolute Gasteiger partial charge is 0.354 e. The van der Waals surface area contributed by atoms with Gasteiger partial charge in [-0.25, -0.2) is 0 Å². The molecular formula is C28H28Cl2N4O3S. The highest BCUT2D eigenvalue weighted by Crippen LogP contribution is 2.39. The van der Waals surface area contributed by atoms with Crippen molar-refractivity contribution in [3.8, 4) is 0 Å². The number of carbonyl (C=O) groups excluding carboxylic acids is 3. The number of nitrogens with zero attached hydrogens (tertiary/aromatic N) is 3. The first-order valence-corrected chi connectivity index (χ1v) is 14.2. The topological polar surface area (TPSA) is 73.0 Å². The van der Waals surface area contributed by atoms with Crippen LogP contribution in [0.5, 0.6) is 0 Å². The second kappa shape index (κ2) is 11.4. The van der Waals surface area contributed by atoms with E-state index in [9.17, 15) is 14.4 Å². The van der Waals surface area contributed by atoms with Gasteiger partial charge in [0.1, 0.15) is 12.1 Å². The van der Waals surface area contributed by atoms with Crippen molar-refractivity contribution < 1.29 is 14.4 Å². The maximum Gasteiger partial charge on any atom is 0.263 e. The molecular weight excluding hydrogens is 543 g/mol.